The summed E-state index contributed by atoms with van der Waals surface area (Å²) in [5.41, 5.74) is 2.43. The average Bonchev–Trinajstić information content (AvgIpc) is 3.40. The molecule has 1 aromatic heterocycles. The van der Waals surface area contributed by atoms with Crippen LogP contribution in [0.3, 0.4) is 0 Å². The van der Waals surface area contributed by atoms with Gasteiger partial charge in [0.05, 0.1) is 0 Å². The van der Waals surface area contributed by atoms with Crippen LogP contribution in [0.25, 0.3) is 0 Å². The van der Waals surface area contributed by atoms with Gasteiger partial charge in [-0.3, -0.25) is 9.78 Å². The van der Waals surface area contributed by atoms with Gasteiger partial charge in [0.15, 0.2) is 0 Å². The molecule has 0 spiro atoms. The quantitative estimate of drug-likeness (QED) is 0.719. The topological polar surface area (TPSA) is 33.2 Å². The van der Waals surface area contributed by atoms with Gasteiger partial charge in [0.25, 0.3) is 0 Å². The predicted octanol–water partition coefficient (Wildman–Crippen LogP) is 4.06. The molecule has 4 heteroatoms. The monoisotopic (exact) mass is 326 g/mol. The van der Waals surface area contributed by atoms with Gasteiger partial charge in [0, 0.05) is 42.0 Å². The van der Waals surface area contributed by atoms with Crippen molar-refractivity contribution < 1.29 is 4.79 Å². The standard InChI is InChI=1S/C19H22N2OS/c1-15-2-6-18(7-3-15)23-13-10-19(22)21(17-4-5-17)14-16-8-11-20-12-9-16/h2-3,6-9,11-12,17H,4-5,10,13-14H2,1H3. The Kier molecular flexibility index (Phi) is 5.34. The van der Waals surface area contributed by atoms with Crippen molar-refractivity contribution in [3.63, 3.8) is 0 Å². The second kappa shape index (κ2) is 7.64. The van der Waals surface area contributed by atoms with Crippen LogP contribution < -0.4 is 0 Å². The molecule has 1 aliphatic carbocycles. The van der Waals surface area contributed by atoms with Gasteiger partial charge in [0.2, 0.25) is 5.91 Å². The second-order valence-corrected chi connectivity index (χ2v) is 7.19. The van der Waals surface area contributed by atoms with Crippen LogP contribution in [-0.2, 0) is 11.3 Å². The van der Waals surface area contributed by atoms with Gasteiger partial charge >= 0.3 is 0 Å². The van der Waals surface area contributed by atoms with Gasteiger partial charge in [-0.1, -0.05) is 17.7 Å². The van der Waals surface area contributed by atoms with Crippen molar-refractivity contribution in [2.75, 3.05) is 5.75 Å². The lowest BCUT2D eigenvalue weighted by Crippen LogP contribution is -2.32. The van der Waals surface area contributed by atoms with Crippen LogP contribution in [0, 0.1) is 6.92 Å². The SMILES string of the molecule is Cc1ccc(SCCC(=O)N(Cc2ccncc2)C2CC2)cc1. The van der Waals surface area contributed by atoms with E-state index in [0.717, 1.165) is 24.2 Å². The molecular formula is C19H22N2OS. The number of amides is 1. The average molecular weight is 326 g/mol. The Morgan fingerprint density at radius 3 is 2.52 bits per heavy atom. The highest BCUT2D eigenvalue weighted by Gasteiger charge is 2.32. The minimum atomic E-state index is 0.268. The zero-order chi connectivity index (χ0) is 16.1. The molecule has 0 N–H and O–H groups in total. The minimum absolute atomic E-state index is 0.268. The highest BCUT2D eigenvalue weighted by atomic mass is 32.2. The maximum absolute atomic E-state index is 12.6. The number of thioether (sulfide) groups is 1. The number of rotatable bonds is 7. The minimum Gasteiger partial charge on any atom is -0.335 e. The molecule has 120 valence electrons. The number of benzene rings is 1. The highest BCUT2D eigenvalue weighted by molar-refractivity contribution is 7.99. The van der Waals surface area contributed by atoms with Crippen LogP contribution >= 0.6 is 11.8 Å². The fraction of sp³-hybridized carbons (Fsp3) is 0.368. The first-order valence-electron chi connectivity index (χ1n) is 8.10. The molecule has 1 aliphatic rings. The Morgan fingerprint density at radius 2 is 1.87 bits per heavy atom. The Bertz CT molecular complexity index is 638. The first kappa shape index (κ1) is 16.1. The summed E-state index contributed by atoms with van der Waals surface area (Å²) in [4.78, 5) is 19.9. The summed E-state index contributed by atoms with van der Waals surface area (Å²) < 4.78 is 0. The van der Waals surface area contributed by atoms with E-state index in [1.807, 2.05) is 17.0 Å². The molecule has 3 rings (SSSR count). The molecule has 1 fully saturated rings. The van der Waals surface area contributed by atoms with Crippen molar-refractivity contribution >= 4 is 17.7 Å². The Labute approximate surface area is 142 Å². The van der Waals surface area contributed by atoms with Crippen LogP contribution in [0.15, 0.2) is 53.7 Å². The van der Waals surface area contributed by atoms with Crippen LogP contribution in [0.5, 0.6) is 0 Å². The maximum Gasteiger partial charge on any atom is 0.223 e. The summed E-state index contributed by atoms with van der Waals surface area (Å²) in [7, 11) is 0. The highest BCUT2D eigenvalue weighted by Crippen LogP contribution is 2.29. The molecular weight excluding hydrogens is 304 g/mol. The third-order valence-electron chi connectivity index (χ3n) is 4.02. The summed E-state index contributed by atoms with van der Waals surface area (Å²) in [6.45, 7) is 2.80. The van der Waals surface area contributed by atoms with E-state index in [-0.39, 0.29) is 5.91 Å². The zero-order valence-corrected chi connectivity index (χ0v) is 14.3. The first-order valence-corrected chi connectivity index (χ1v) is 9.09. The lowest BCUT2D eigenvalue weighted by molar-refractivity contribution is -0.131. The Morgan fingerprint density at radius 1 is 1.17 bits per heavy atom. The van der Waals surface area contributed by atoms with Gasteiger partial charge in [-0.15, -0.1) is 11.8 Å². The van der Waals surface area contributed by atoms with E-state index in [2.05, 4.69) is 36.2 Å². The lowest BCUT2D eigenvalue weighted by Gasteiger charge is -2.22. The van der Waals surface area contributed by atoms with Crippen LogP contribution in [0.2, 0.25) is 0 Å². The number of aromatic nitrogens is 1. The molecule has 0 atom stereocenters. The number of hydrogen-bond donors (Lipinski definition) is 0. The Balaban J connectivity index is 1.51. The molecule has 0 unspecified atom stereocenters. The number of carbonyl (C=O) groups excluding carboxylic acids is 1. The van der Waals surface area contributed by atoms with Crippen molar-refractivity contribution in [1.82, 2.24) is 9.88 Å². The normalized spacial score (nSPS) is 13.8. The summed E-state index contributed by atoms with van der Waals surface area (Å²) in [5.74, 6) is 1.10. The van der Waals surface area contributed by atoms with E-state index in [9.17, 15) is 4.79 Å². The van der Waals surface area contributed by atoms with Gasteiger partial charge in [-0.05, 0) is 49.6 Å². The van der Waals surface area contributed by atoms with Crippen molar-refractivity contribution in [2.45, 2.75) is 43.7 Å². The molecule has 0 radical (unpaired) electrons. The van der Waals surface area contributed by atoms with Crippen molar-refractivity contribution in [3.05, 3.63) is 59.9 Å². The van der Waals surface area contributed by atoms with Crippen LogP contribution in [-0.4, -0.2) is 27.6 Å². The maximum atomic E-state index is 12.6. The fourth-order valence-corrected chi connectivity index (χ4v) is 3.37. The largest absolute Gasteiger partial charge is 0.335 e. The van der Waals surface area contributed by atoms with Crippen molar-refractivity contribution in [2.24, 2.45) is 0 Å². The van der Waals surface area contributed by atoms with E-state index in [1.54, 1.807) is 24.2 Å². The molecule has 23 heavy (non-hydrogen) atoms. The molecule has 0 bridgehead atoms. The van der Waals surface area contributed by atoms with Gasteiger partial charge < -0.3 is 4.90 Å². The van der Waals surface area contributed by atoms with E-state index >= 15 is 0 Å². The number of hydrogen-bond acceptors (Lipinski definition) is 3. The Hall–Kier alpha value is -1.81. The molecule has 1 aromatic carbocycles. The molecule has 2 aromatic rings. The first-order chi connectivity index (χ1) is 11.2. The molecule has 1 heterocycles. The summed E-state index contributed by atoms with van der Waals surface area (Å²) >= 11 is 1.76. The third-order valence-corrected chi connectivity index (χ3v) is 5.03. The summed E-state index contributed by atoms with van der Waals surface area (Å²) in [6, 6.07) is 12.9. The van der Waals surface area contributed by atoms with Gasteiger partial charge in [-0.2, -0.15) is 0 Å². The second-order valence-electron chi connectivity index (χ2n) is 6.02. The van der Waals surface area contributed by atoms with Gasteiger partial charge in [-0.25, -0.2) is 0 Å². The predicted molar refractivity (Wildman–Crippen MR) is 94.3 cm³/mol. The lowest BCUT2D eigenvalue weighted by atomic mass is 10.2. The number of aryl methyl sites for hydroxylation is 1. The summed E-state index contributed by atoms with van der Waals surface area (Å²) in [6.07, 6.45) is 6.46. The van der Waals surface area contributed by atoms with E-state index in [4.69, 9.17) is 0 Å². The van der Waals surface area contributed by atoms with E-state index in [0.29, 0.717) is 19.0 Å². The van der Waals surface area contributed by atoms with Crippen LogP contribution in [0.4, 0.5) is 0 Å². The molecule has 0 saturated heterocycles. The zero-order valence-electron chi connectivity index (χ0n) is 13.4. The smallest absolute Gasteiger partial charge is 0.223 e. The molecule has 1 saturated carbocycles. The molecule has 0 aliphatic heterocycles. The fourth-order valence-electron chi connectivity index (χ4n) is 2.53. The number of pyridine rings is 1. The third kappa shape index (κ3) is 4.83. The van der Waals surface area contributed by atoms with E-state index < -0.39 is 0 Å². The number of carbonyl (C=O) groups is 1. The number of nitrogens with zero attached hydrogens (tertiary/aromatic N) is 2. The van der Waals surface area contributed by atoms with Crippen molar-refractivity contribution in [1.29, 1.82) is 0 Å². The molecule has 3 nitrogen and oxygen atoms in total. The van der Waals surface area contributed by atoms with Crippen LogP contribution in [0.1, 0.15) is 30.4 Å². The van der Waals surface area contributed by atoms with Gasteiger partial charge in [0.1, 0.15) is 0 Å². The van der Waals surface area contributed by atoms with Crippen molar-refractivity contribution in [3.8, 4) is 0 Å². The molecule has 1 amide bonds. The van der Waals surface area contributed by atoms with E-state index in [1.165, 1.54) is 10.5 Å². The summed E-state index contributed by atoms with van der Waals surface area (Å²) in [5, 5.41) is 0.